The van der Waals surface area contributed by atoms with Gasteiger partial charge in [-0.25, -0.2) is 0 Å². The summed E-state index contributed by atoms with van der Waals surface area (Å²) in [4.78, 5) is 12.7. The second kappa shape index (κ2) is 11.3. The summed E-state index contributed by atoms with van der Waals surface area (Å²) in [5, 5.41) is 0.953. The Balaban J connectivity index is 0.00000338. The molecule has 0 spiro atoms. The first-order chi connectivity index (χ1) is 12.0. The Labute approximate surface area is 171 Å². The van der Waals surface area contributed by atoms with E-state index in [0.29, 0.717) is 29.6 Å². The van der Waals surface area contributed by atoms with Crippen molar-refractivity contribution in [1.29, 1.82) is 0 Å². The minimum Gasteiger partial charge on any atom is -1.00 e. The maximum atomic E-state index is 12.7. The maximum absolute atomic E-state index is 12.7. The Morgan fingerprint density at radius 1 is 1.04 bits per heavy atom. The molecule has 4 nitrogen and oxygen atoms in total. The monoisotopic (exact) mass is 368 g/mol. The fraction of sp³-hybridized carbons (Fsp3) is 0.350. The minimum atomic E-state index is -0.0113. The molecule has 136 valence electrons. The fourth-order valence-electron chi connectivity index (χ4n) is 2.32. The molecule has 0 N–H and O–H groups in total. The van der Waals surface area contributed by atoms with Crippen molar-refractivity contribution >= 4 is 19.4 Å². The van der Waals surface area contributed by atoms with Gasteiger partial charge >= 0.3 is 18.9 Å². The van der Waals surface area contributed by atoms with E-state index in [9.17, 15) is 4.79 Å². The Morgan fingerprint density at radius 2 is 1.62 bits per heavy atom. The van der Waals surface area contributed by atoms with Crippen molar-refractivity contribution in [2.75, 3.05) is 20.8 Å². The summed E-state index contributed by atoms with van der Waals surface area (Å²) in [6.07, 6.45) is 1.02. The van der Waals surface area contributed by atoms with Gasteiger partial charge < -0.3 is 15.6 Å². The number of carbonyl (C=O) groups excluding carboxylic acids is 1. The van der Waals surface area contributed by atoms with Crippen molar-refractivity contribution < 1.29 is 39.3 Å². The molecule has 0 aliphatic rings. The summed E-state index contributed by atoms with van der Waals surface area (Å²) >= 11 is 0. The molecule has 26 heavy (non-hydrogen) atoms. The van der Waals surface area contributed by atoms with E-state index in [1.54, 1.807) is 32.4 Å². The van der Waals surface area contributed by atoms with Gasteiger partial charge in [0.2, 0.25) is 0 Å². The molecular weight excluding hydrogens is 342 g/mol. The fourth-order valence-corrected chi connectivity index (χ4v) is 3.28. The van der Waals surface area contributed by atoms with E-state index in [4.69, 9.17) is 14.2 Å². The summed E-state index contributed by atoms with van der Waals surface area (Å²) in [5.74, 6) is 2.52. The van der Waals surface area contributed by atoms with E-state index in [1.165, 1.54) is 0 Å². The van der Waals surface area contributed by atoms with E-state index >= 15 is 0 Å². The number of carbonyl (C=O) groups is 1. The number of benzene rings is 2. The number of ether oxygens (including phenoxy) is 3. The van der Waals surface area contributed by atoms with Crippen LogP contribution in [0.4, 0.5) is 0 Å². The van der Waals surface area contributed by atoms with Crippen LogP contribution in [0.25, 0.3) is 0 Å². The molecule has 0 amide bonds. The third kappa shape index (κ3) is 6.36. The van der Waals surface area contributed by atoms with Gasteiger partial charge in [-0.2, -0.15) is 0 Å². The maximum Gasteiger partial charge on any atom is 1.00 e. The van der Waals surface area contributed by atoms with Crippen molar-refractivity contribution in [3.05, 3.63) is 48.0 Å². The van der Waals surface area contributed by atoms with Crippen LogP contribution in [0.5, 0.6) is 17.2 Å². The average molecular weight is 368 g/mol. The van der Waals surface area contributed by atoms with Crippen LogP contribution in [-0.2, 0) is 0 Å². The Kier molecular flexibility index (Phi) is 9.81. The molecule has 0 aliphatic heterocycles. The van der Waals surface area contributed by atoms with Crippen molar-refractivity contribution in [3.63, 3.8) is 0 Å². The summed E-state index contributed by atoms with van der Waals surface area (Å²) in [7, 11) is 3.10. The minimum absolute atomic E-state index is 0. The van der Waals surface area contributed by atoms with Crippen LogP contribution in [-0.4, -0.2) is 26.4 Å². The predicted octanol–water partition coefficient (Wildman–Crippen LogP) is 1.39. The molecule has 0 fully saturated rings. The molecule has 0 aliphatic carbocycles. The van der Waals surface area contributed by atoms with E-state index < -0.39 is 0 Å². The van der Waals surface area contributed by atoms with Crippen LogP contribution in [0.3, 0.4) is 0 Å². The van der Waals surface area contributed by atoms with Gasteiger partial charge in [0.05, 0.1) is 20.8 Å². The molecule has 6 heteroatoms. The molecule has 0 bridgehead atoms. The molecule has 2 rings (SSSR count). The van der Waals surface area contributed by atoms with Gasteiger partial charge in [0.25, 0.3) is 0 Å². The third-order valence-corrected chi connectivity index (χ3v) is 4.83. The number of hydrogen-bond acceptors (Lipinski definition) is 4. The van der Waals surface area contributed by atoms with E-state index in [1.807, 2.05) is 24.3 Å². The van der Waals surface area contributed by atoms with Crippen molar-refractivity contribution in [2.45, 2.75) is 20.3 Å². The molecule has 0 saturated heterocycles. The quantitative estimate of drug-likeness (QED) is 0.496. The first-order valence-corrected chi connectivity index (χ1v) is 9.30. The zero-order valence-electron chi connectivity index (χ0n) is 17.2. The van der Waals surface area contributed by atoms with Crippen molar-refractivity contribution in [1.82, 2.24) is 0 Å². The standard InChI is InChI=1S/C20H25O4P.Li.H/c1-14(2)12-13-24-15-8-10-16(11-9-15)25-20(21)19-17(22-3)6-5-7-18(19)23-4;;/h5-11,14,25H,12-13H2,1-4H3;;/q;+1;-1. The Hall–Kier alpha value is -1.46. The van der Waals surface area contributed by atoms with E-state index in [2.05, 4.69) is 13.8 Å². The van der Waals surface area contributed by atoms with Gasteiger partial charge in [0.1, 0.15) is 22.8 Å². The van der Waals surface area contributed by atoms with Crippen molar-refractivity contribution in [3.8, 4) is 17.2 Å². The second-order valence-corrected chi connectivity index (χ2v) is 7.33. The molecule has 0 radical (unpaired) electrons. The number of rotatable bonds is 9. The van der Waals surface area contributed by atoms with Gasteiger partial charge in [-0.15, -0.1) is 0 Å². The third-order valence-electron chi connectivity index (χ3n) is 3.73. The first-order valence-electron chi connectivity index (χ1n) is 8.30. The zero-order chi connectivity index (χ0) is 18.2. The van der Waals surface area contributed by atoms with E-state index in [0.717, 1.165) is 17.5 Å². The largest absolute Gasteiger partial charge is 1.00 e. The van der Waals surface area contributed by atoms with Crippen LogP contribution in [0.15, 0.2) is 42.5 Å². The number of hydrogen-bond donors (Lipinski definition) is 0. The average Bonchev–Trinajstić information content (AvgIpc) is 2.62. The smallest absolute Gasteiger partial charge is 1.00 e. The van der Waals surface area contributed by atoms with Crippen LogP contribution in [0.2, 0.25) is 0 Å². The molecule has 0 aromatic heterocycles. The van der Waals surface area contributed by atoms with E-state index in [-0.39, 0.29) is 34.4 Å². The topological polar surface area (TPSA) is 44.8 Å². The first kappa shape index (κ1) is 22.6. The summed E-state index contributed by atoms with van der Waals surface area (Å²) in [6.45, 7) is 5.05. The zero-order valence-corrected chi connectivity index (χ0v) is 17.2. The van der Waals surface area contributed by atoms with Crippen LogP contribution in [0, 0.1) is 5.92 Å². The SMILES string of the molecule is COc1cccc(OC)c1C(=O)Pc1ccc(OCCC(C)C)cc1.[H-].[Li+]. The number of methoxy groups -OCH3 is 2. The van der Waals surface area contributed by atoms with Gasteiger partial charge in [-0.1, -0.05) is 32.0 Å². The Bertz CT molecular complexity index is 685. The van der Waals surface area contributed by atoms with Gasteiger partial charge in [-0.3, -0.25) is 4.79 Å². The summed E-state index contributed by atoms with van der Waals surface area (Å²) in [5.41, 5.74) is 0.478. The molecule has 0 heterocycles. The van der Waals surface area contributed by atoms with Crippen LogP contribution >= 0.6 is 8.58 Å². The molecule has 1 unspecified atom stereocenters. The molecule has 2 aromatic rings. The van der Waals surface area contributed by atoms with Crippen molar-refractivity contribution in [2.24, 2.45) is 5.92 Å². The Morgan fingerprint density at radius 3 is 2.12 bits per heavy atom. The summed E-state index contributed by atoms with van der Waals surface area (Å²) in [6, 6.07) is 13.0. The van der Waals surface area contributed by atoms with Crippen LogP contribution < -0.4 is 38.4 Å². The predicted molar refractivity (Wildman–Crippen MR) is 104 cm³/mol. The molecular formula is C20H26LiO4P. The molecule has 0 saturated carbocycles. The molecule has 2 aromatic carbocycles. The van der Waals surface area contributed by atoms with Gasteiger partial charge in [-0.05, 0) is 50.5 Å². The summed E-state index contributed by atoms with van der Waals surface area (Å²) < 4.78 is 16.3. The van der Waals surface area contributed by atoms with Gasteiger partial charge in [0.15, 0.2) is 5.52 Å². The normalized spacial score (nSPS) is 10.7. The van der Waals surface area contributed by atoms with Gasteiger partial charge in [0, 0.05) is 0 Å². The second-order valence-electron chi connectivity index (χ2n) is 6.05. The van der Waals surface area contributed by atoms with Crippen LogP contribution in [0.1, 0.15) is 32.1 Å². The molecule has 1 atom stereocenters.